The number of hydrogen-bond donors (Lipinski definition) is 2. The molecule has 0 saturated carbocycles. The second kappa shape index (κ2) is 10.5. The van der Waals surface area contributed by atoms with Gasteiger partial charge in [0.2, 0.25) is 5.91 Å². The Morgan fingerprint density at radius 3 is 2.59 bits per heavy atom. The summed E-state index contributed by atoms with van der Waals surface area (Å²) < 4.78 is 6.02. The molecule has 4 nitrogen and oxygen atoms in total. The summed E-state index contributed by atoms with van der Waals surface area (Å²) in [4.78, 5) is 12.4. The average molecular weight is 389 g/mol. The molecule has 1 aliphatic rings. The van der Waals surface area contributed by atoms with Crippen LogP contribution in [0.2, 0.25) is 0 Å². The molecule has 2 aromatic rings. The van der Waals surface area contributed by atoms with E-state index in [2.05, 4.69) is 36.5 Å². The predicted octanol–water partition coefficient (Wildman–Crippen LogP) is 3.57. The minimum atomic E-state index is -0.528. The van der Waals surface area contributed by atoms with Crippen LogP contribution in [0.4, 0.5) is 0 Å². The van der Waals surface area contributed by atoms with Gasteiger partial charge in [-0.15, -0.1) is 12.4 Å². The summed E-state index contributed by atoms with van der Waals surface area (Å²) in [5.41, 5.74) is 9.58. The molecule has 1 saturated heterocycles. The molecule has 2 aromatic carbocycles. The number of hydrogen-bond acceptors (Lipinski definition) is 3. The van der Waals surface area contributed by atoms with E-state index in [1.54, 1.807) is 0 Å². The fourth-order valence-corrected chi connectivity index (χ4v) is 3.50. The molecule has 0 aliphatic carbocycles. The first-order chi connectivity index (χ1) is 12.6. The molecule has 1 heterocycles. The van der Waals surface area contributed by atoms with Gasteiger partial charge in [0.15, 0.2) is 0 Å². The van der Waals surface area contributed by atoms with Crippen molar-refractivity contribution in [1.82, 2.24) is 5.32 Å². The maximum Gasteiger partial charge on any atom is 0.237 e. The van der Waals surface area contributed by atoms with Crippen molar-refractivity contribution >= 4 is 18.3 Å². The molecule has 5 heteroatoms. The third kappa shape index (κ3) is 6.06. The van der Waals surface area contributed by atoms with Crippen LogP contribution in [0.1, 0.15) is 35.6 Å². The SMILES string of the molecule is Cc1ccc(C2OCCCC2CNC(=O)[C@@H](N)Cc2ccccc2)cc1.Cl. The summed E-state index contributed by atoms with van der Waals surface area (Å²) in [7, 11) is 0. The highest BCUT2D eigenvalue weighted by atomic mass is 35.5. The molecule has 1 amide bonds. The molecular formula is C22H29ClN2O2. The number of amides is 1. The van der Waals surface area contributed by atoms with Gasteiger partial charge in [-0.05, 0) is 37.3 Å². The van der Waals surface area contributed by atoms with Gasteiger partial charge in [-0.25, -0.2) is 0 Å². The summed E-state index contributed by atoms with van der Waals surface area (Å²) >= 11 is 0. The van der Waals surface area contributed by atoms with E-state index in [1.165, 1.54) is 11.1 Å². The molecule has 3 atom stereocenters. The minimum Gasteiger partial charge on any atom is -0.373 e. The number of nitrogens with two attached hydrogens (primary N) is 1. The summed E-state index contributed by atoms with van der Waals surface area (Å²) in [5, 5.41) is 3.04. The van der Waals surface area contributed by atoms with Crippen molar-refractivity contribution in [3.63, 3.8) is 0 Å². The Morgan fingerprint density at radius 2 is 1.89 bits per heavy atom. The van der Waals surface area contributed by atoms with E-state index in [0.717, 1.165) is 25.0 Å². The summed E-state index contributed by atoms with van der Waals surface area (Å²) in [6, 6.07) is 17.8. The molecule has 0 bridgehead atoms. The zero-order valence-corrected chi connectivity index (χ0v) is 16.6. The lowest BCUT2D eigenvalue weighted by Crippen LogP contribution is -2.45. The van der Waals surface area contributed by atoms with Crippen LogP contribution >= 0.6 is 12.4 Å². The lowest BCUT2D eigenvalue weighted by atomic mass is 9.89. The number of rotatable bonds is 6. The molecule has 0 aromatic heterocycles. The van der Waals surface area contributed by atoms with E-state index in [0.29, 0.717) is 13.0 Å². The van der Waals surface area contributed by atoms with Crippen molar-refractivity contribution in [2.24, 2.45) is 11.7 Å². The van der Waals surface area contributed by atoms with Gasteiger partial charge in [0.05, 0.1) is 12.1 Å². The predicted molar refractivity (Wildman–Crippen MR) is 111 cm³/mol. The lowest BCUT2D eigenvalue weighted by molar-refractivity contribution is -0.123. The Bertz CT molecular complexity index is 706. The molecular weight excluding hydrogens is 360 g/mol. The van der Waals surface area contributed by atoms with Gasteiger partial charge in [-0.3, -0.25) is 4.79 Å². The van der Waals surface area contributed by atoms with Gasteiger partial charge in [0.25, 0.3) is 0 Å². The Hall–Kier alpha value is -1.88. The van der Waals surface area contributed by atoms with Crippen molar-refractivity contribution in [3.05, 3.63) is 71.3 Å². The van der Waals surface area contributed by atoms with Gasteiger partial charge >= 0.3 is 0 Å². The van der Waals surface area contributed by atoms with Gasteiger partial charge in [0, 0.05) is 19.1 Å². The van der Waals surface area contributed by atoms with Gasteiger partial charge in [0.1, 0.15) is 0 Å². The standard InChI is InChI=1S/C22H28N2O2.ClH/c1-16-9-11-18(12-10-16)21-19(8-5-13-26-21)15-24-22(25)20(23)14-17-6-3-2-4-7-17;/h2-4,6-7,9-12,19-21H,5,8,13-15,23H2,1H3,(H,24,25);1H/t19?,20-,21?;/m0./s1. The van der Waals surface area contributed by atoms with E-state index in [1.807, 2.05) is 30.3 Å². The number of benzene rings is 2. The smallest absolute Gasteiger partial charge is 0.237 e. The number of carbonyl (C=O) groups is 1. The zero-order chi connectivity index (χ0) is 18.4. The van der Waals surface area contributed by atoms with Crippen LogP contribution in [-0.2, 0) is 16.0 Å². The highest BCUT2D eigenvalue weighted by molar-refractivity contribution is 5.85. The van der Waals surface area contributed by atoms with E-state index >= 15 is 0 Å². The summed E-state index contributed by atoms with van der Waals surface area (Å²) in [6.07, 6.45) is 2.66. The normalized spacial score (nSPS) is 20.4. The van der Waals surface area contributed by atoms with E-state index < -0.39 is 6.04 Å². The number of ether oxygens (including phenoxy) is 1. The van der Waals surface area contributed by atoms with Crippen LogP contribution in [0, 0.1) is 12.8 Å². The minimum absolute atomic E-state index is 0. The molecule has 2 unspecified atom stereocenters. The van der Waals surface area contributed by atoms with Crippen molar-refractivity contribution in [2.45, 2.75) is 38.3 Å². The van der Waals surface area contributed by atoms with Crippen molar-refractivity contribution < 1.29 is 9.53 Å². The molecule has 1 fully saturated rings. The van der Waals surface area contributed by atoms with Crippen LogP contribution in [0.15, 0.2) is 54.6 Å². The van der Waals surface area contributed by atoms with Gasteiger partial charge < -0.3 is 15.8 Å². The quantitative estimate of drug-likeness (QED) is 0.795. The lowest BCUT2D eigenvalue weighted by Gasteiger charge is -2.32. The first-order valence-corrected chi connectivity index (χ1v) is 9.39. The van der Waals surface area contributed by atoms with Crippen molar-refractivity contribution in [2.75, 3.05) is 13.2 Å². The van der Waals surface area contributed by atoms with Crippen molar-refractivity contribution in [3.8, 4) is 0 Å². The van der Waals surface area contributed by atoms with Crippen LogP contribution < -0.4 is 11.1 Å². The summed E-state index contributed by atoms with van der Waals surface area (Å²) in [6.45, 7) is 3.45. The fourth-order valence-electron chi connectivity index (χ4n) is 3.50. The Labute approximate surface area is 167 Å². The number of halogens is 1. The number of carbonyl (C=O) groups excluding carboxylic acids is 1. The van der Waals surface area contributed by atoms with Crippen LogP contribution in [0.5, 0.6) is 0 Å². The molecule has 1 aliphatic heterocycles. The first kappa shape index (κ1) is 21.4. The largest absolute Gasteiger partial charge is 0.373 e. The zero-order valence-electron chi connectivity index (χ0n) is 15.8. The van der Waals surface area contributed by atoms with Crippen LogP contribution in [0.3, 0.4) is 0 Å². The number of nitrogens with one attached hydrogen (secondary N) is 1. The van der Waals surface area contributed by atoms with E-state index in [9.17, 15) is 4.79 Å². The number of aryl methyl sites for hydroxylation is 1. The van der Waals surface area contributed by atoms with Crippen LogP contribution in [0.25, 0.3) is 0 Å². The Kier molecular flexibility index (Phi) is 8.29. The maximum absolute atomic E-state index is 12.4. The topological polar surface area (TPSA) is 64.3 Å². The Balaban J connectivity index is 0.00000261. The second-order valence-electron chi connectivity index (χ2n) is 7.15. The van der Waals surface area contributed by atoms with E-state index in [-0.39, 0.29) is 30.3 Å². The first-order valence-electron chi connectivity index (χ1n) is 9.39. The molecule has 146 valence electrons. The molecule has 0 spiro atoms. The second-order valence-corrected chi connectivity index (χ2v) is 7.15. The molecule has 0 radical (unpaired) electrons. The highest BCUT2D eigenvalue weighted by Crippen LogP contribution is 2.33. The average Bonchev–Trinajstić information content (AvgIpc) is 2.68. The van der Waals surface area contributed by atoms with Crippen molar-refractivity contribution in [1.29, 1.82) is 0 Å². The molecule has 27 heavy (non-hydrogen) atoms. The third-order valence-corrected chi connectivity index (χ3v) is 5.02. The monoisotopic (exact) mass is 388 g/mol. The molecule has 3 N–H and O–H groups in total. The third-order valence-electron chi connectivity index (χ3n) is 5.02. The van der Waals surface area contributed by atoms with Gasteiger partial charge in [-0.1, -0.05) is 60.2 Å². The van der Waals surface area contributed by atoms with Gasteiger partial charge in [-0.2, -0.15) is 0 Å². The van der Waals surface area contributed by atoms with Crippen LogP contribution in [-0.4, -0.2) is 25.1 Å². The highest BCUT2D eigenvalue weighted by Gasteiger charge is 2.28. The summed E-state index contributed by atoms with van der Waals surface area (Å²) in [5.74, 6) is 0.182. The molecule has 3 rings (SSSR count). The Morgan fingerprint density at radius 1 is 1.19 bits per heavy atom. The van der Waals surface area contributed by atoms with E-state index in [4.69, 9.17) is 10.5 Å². The maximum atomic E-state index is 12.4. The fraction of sp³-hybridized carbons (Fsp3) is 0.409.